The summed E-state index contributed by atoms with van der Waals surface area (Å²) in [5.41, 5.74) is 1.70. The van der Waals surface area contributed by atoms with E-state index < -0.39 is 29.9 Å². The van der Waals surface area contributed by atoms with Gasteiger partial charge in [0.1, 0.15) is 12.4 Å². The molecule has 1 aliphatic rings. The Kier molecular flexibility index (Phi) is 6.72. The van der Waals surface area contributed by atoms with Crippen LogP contribution in [0.1, 0.15) is 18.1 Å². The van der Waals surface area contributed by atoms with Gasteiger partial charge in [0, 0.05) is 11.6 Å². The van der Waals surface area contributed by atoms with Gasteiger partial charge in [-0.1, -0.05) is 41.9 Å². The van der Waals surface area contributed by atoms with Crippen molar-refractivity contribution < 1.29 is 23.9 Å². The van der Waals surface area contributed by atoms with Gasteiger partial charge in [-0.05, 0) is 42.7 Å². The van der Waals surface area contributed by atoms with Crippen LogP contribution in [0.15, 0.2) is 48.5 Å². The minimum Gasteiger partial charge on any atom is -0.492 e. The third-order valence-electron chi connectivity index (χ3n) is 4.46. The summed E-state index contributed by atoms with van der Waals surface area (Å²) in [4.78, 5) is 36.4. The normalized spacial score (nSPS) is 16.0. The Labute approximate surface area is 173 Å². The fourth-order valence-corrected chi connectivity index (χ4v) is 3.07. The van der Waals surface area contributed by atoms with Gasteiger partial charge in [0.05, 0.1) is 5.92 Å². The largest absolute Gasteiger partial charge is 0.492 e. The molecule has 0 aliphatic carbocycles. The highest BCUT2D eigenvalue weighted by Crippen LogP contribution is 2.30. The number of amides is 3. The summed E-state index contributed by atoms with van der Waals surface area (Å²) >= 11 is 5.98. The third-order valence-corrected chi connectivity index (χ3v) is 4.69. The van der Waals surface area contributed by atoms with E-state index in [-0.39, 0.29) is 13.2 Å². The van der Waals surface area contributed by atoms with Crippen molar-refractivity contribution in [2.45, 2.75) is 26.0 Å². The van der Waals surface area contributed by atoms with E-state index in [9.17, 15) is 14.4 Å². The van der Waals surface area contributed by atoms with Gasteiger partial charge in [0.15, 0.2) is 6.10 Å². The monoisotopic (exact) mass is 416 g/mol. The Hall–Kier alpha value is -3.06. The van der Waals surface area contributed by atoms with Gasteiger partial charge in [-0.25, -0.2) is 4.79 Å². The average molecular weight is 417 g/mol. The highest BCUT2D eigenvalue weighted by molar-refractivity contribution is 6.30. The van der Waals surface area contributed by atoms with E-state index in [0.29, 0.717) is 17.2 Å². The first-order valence-corrected chi connectivity index (χ1v) is 9.54. The summed E-state index contributed by atoms with van der Waals surface area (Å²) in [6.07, 6.45) is -0.716. The van der Waals surface area contributed by atoms with E-state index in [2.05, 4.69) is 10.6 Å². The number of nitrogens with one attached hydrogen (secondary N) is 2. The van der Waals surface area contributed by atoms with Gasteiger partial charge in [0.25, 0.3) is 5.91 Å². The first-order chi connectivity index (χ1) is 13.9. The molecule has 0 saturated carbocycles. The van der Waals surface area contributed by atoms with Gasteiger partial charge >= 0.3 is 12.0 Å². The molecule has 2 aromatic rings. The Balaban J connectivity index is 1.46. The fourth-order valence-electron chi connectivity index (χ4n) is 2.87. The first kappa shape index (κ1) is 20.7. The SMILES string of the molecule is C[C@H](OC(=O)[C@H]1COc2ccc(Cl)cc2C1)C(=O)NC(=O)NCc1ccccc1. The van der Waals surface area contributed by atoms with Gasteiger partial charge in [-0.15, -0.1) is 0 Å². The molecule has 3 rings (SSSR count). The zero-order valence-electron chi connectivity index (χ0n) is 15.8. The van der Waals surface area contributed by atoms with Crippen LogP contribution in [0.25, 0.3) is 0 Å². The number of imide groups is 1. The van der Waals surface area contributed by atoms with Gasteiger partial charge in [0.2, 0.25) is 0 Å². The number of benzene rings is 2. The Morgan fingerprint density at radius 3 is 2.72 bits per heavy atom. The van der Waals surface area contributed by atoms with E-state index in [1.165, 1.54) is 6.92 Å². The molecule has 1 heterocycles. The second-order valence-electron chi connectivity index (χ2n) is 6.70. The standard InChI is InChI=1S/C21H21ClN2O5/c1-13(19(25)24-21(27)23-11-14-5-3-2-4-6-14)29-20(26)16-9-15-10-17(22)7-8-18(15)28-12-16/h2-8,10,13,16H,9,11-12H2,1H3,(H2,23,24,25,27)/t13-,16+/m0/s1. The lowest BCUT2D eigenvalue weighted by Gasteiger charge is -2.25. The Bertz CT molecular complexity index is 903. The Morgan fingerprint density at radius 1 is 1.21 bits per heavy atom. The number of carbonyl (C=O) groups is 3. The van der Waals surface area contributed by atoms with Crippen molar-refractivity contribution >= 4 is 29.5 Å². The molecule has 0 unspecified atom stereocenters. The molecule has 7 nitrogen and oxygen atoms in total. The highest BCUT2D eigenvalue weighted by atomic mass is 35.5. The zero-order valence-corrected chi connectivity index (χ0v) is 16.6. The van der Waals surface area contributed by atoms with Crippen LogP contribution >= 0.6 is 11.6 Å². The molecule has 3 amide bonds. The molecule has 1 aliphatic heterocycles. The lowest BCUT2D eigenvalue weighted by atomic mass is 9.97. The molecule has 2 N–H and O–H groups in total. The van der Waals surface area contributed by atoms with Gasteiger partial charge < -0.3 is 14.8 Å². The van der Waals surface area contributed by atoms with Crippen molar-refractivity contribution in [2.75, 3.05) is 6.61 Å². The number of esters is 1. The maximum atomic E-state index is 12.4. The van der Waals surface area contributed by atoms with Crippen molar-refractivity contribution in [3.8, 4) is 5.75 Å². The summed E-state index contributed by atoms with van der Waals surface area (Å²) in [6, 6.07) is 13.8. The van der Waals surface area contributed by atoms with E-state index in [4.69, 9.17) is 21.1 Å². The van der Waals surface area contributed by atoms with Crippen LogP contribution in [0.5, 0.6) is 5.75 Å². The van der Waals surface area contributed by atoms with Gasteiger partial charge in [-0.2, -0.15) is 0 Å². The van der Waals surface area contributed by atoms with E-state index >= 15 is 0 Å². The molecular weight excluding hydrogens is 396 g/mol. The topological polar surface area (TPSA) is 93.7 Å². The number of fused-ring (bicyclic) bond motifs is 1. The van der Waals surface area contributed by atoms with Crippen molar-refractivity contribution in [3.63, 3.8) is 0 Å². The molecule has 0 bridgehead atoms. The number of carbonyl (C=O) groups excluding carboxylic acids is 3. The molecule has 8 heteroatoms. The number of hydrogen-bond donors (Lipinski definition) is 2. The van der Waals surface area contributed by atoms with Crippen LogP contribution in [0.2, 0.25) is 5.02 Å². The molecule has 2 aromatic carbocycles. The van der Waals surface area contributed by atoms with Gasteiger partial charge in [-0.3, -0.25) is 14.9 Å². The van der Waals surface area contributed by atoms with Crippen molar-refractivity contribution in [3.05, 3.63) is 64.7 Å². The maximum Gasteiger partial charge on any atom is 0.321 e. The second-order valence-corrected chi connectivity index (χ2v) is 7.14. The molecule has 29 heavy (non-hydrogen) atoms. The van der Waals surface area contributed by atoms with Crippen LogP contribution in [0, 0.1) is 5.92 Å². The van der Waals surface area contributed by atoms with Crippen LogP contribution < -0.4 is 15.4 Å². The van der Waals surface area contributed by atoms with Crippen molar-refractivity contribution in [1.29, 1.82) is 0 Å². The molecule has 0 radical (unpaired) electrons. The van der Waals surface area contributed by atoms with E-state index in [0.717, 1.165) is 11.1 Å². The predicted molar refractivity (Wildman–Crippen MR) is 107 cm³/mol. The number of ether oxygens (including phenoxy) is 2. The Morgan fingerprint density at radius 2 is 1.97 bits per heavy atom. The molecule has 0 saturated heterocycles. The first-order valence-electron chi connectivity index (χ1n) is 9.16. The summed E-state index contributed by atoms with van der Waals surface area (Å²) in [7, 11) is 0. The molecule has 2 atom stereocenters. The lowest BCUT2D eigenvalue weighted by molar-refractivity contribution is -0.159. The molecule has 0 aromatic heterocycles. The lowest BCUT2D eigenvalue weighted by Crippen LogP contribution is -2.45. The molecule has 0 fully saturated rings. The third kappa shape index (κ3) is 5.71. The second kappa shape index (κ2) is 9.43. The number of hydrogen-bond acceptors (Lipinski definition) is 5. The number of halogens is 1. The maximum absolute atomic E-state index is 12.4. The van der Waals surface area contributed by atoms with Crippen molar-refractivity contribution in [1.82, 2.24) is 10.6 Å². The minimum absolute atomic E-state index is 0.152. The van der Waals surface area contributed by atoms with Crippen molar-refractivity contribution in [2.24, 2.45) is 5.92 Å². The molecule has 0 spiro atoms. The highest BCUT2D eigenvalue weighted by Gasteiger charge is 2.30. The summed E-state index contributed by atoms with van der Waals surface area (Å²) in [5.74, 6) is -1.14. The average Bonchev–Trinajstić information content (AvgIpc) is 2.72. The van der Waals surface area contributed by atoms with E-state index in [1.807, 2.05) is 30.3 Å². The van der Waals surface area contributed by atoms with Crippen LogP contribution in [-0.2, 0) is 27.3 Å². The number of urea groups is 1. The van der Waals surface area contributed by atoms with Crippen LogP contribution in [-0.4, -0.2) is 30.6 Å². The summed E-state index contributed by atoms with van der Waals surface area (Å²) < 4.78 is 10.8. The van der Waals surface area contributed by atoms with Crippen LogP contribution in [0.3, 0.4) is 0 Å². The molecule has 152 valence electrons. The quantitative estimate of drug-likeness (QED) is 0.731. The molecular formula is C21H21ClN2O5. The number of rotatable bonds is 5. The fraction of sp³-hybridized carbons (Fsp3) is 0.286. The van der Waals surface area contributed by atoms with Crippen LogP contribution in [0.4, 0.5) is 4.79 Å². The summed E-state index contributed by atoms with van der Waals surface area (Å²) in [6.45, 7) is 1.83. The van der Waals surface area contributed by atoms with E-state index in [1.54, 1.807) is 18.2 Å². The zero-order chi connectivity index (χ0) is 20.8. The smallest absolute Gasteiger partial charge is 0.321 e. The summed E-state index contributed by atoms with van der Waals surface area (Å²) in [5, 5.41) is 5.29. The predicted octanol–water partition coefficient (Wildman–Crippen LogP) is 2.85. The minimum atomic E-state index is -1.12.